The maximum atomic E-state index is 12.3. The number of rotatable bonds is 6. The van der Waals surface area contributed by atoms with Crippen LogP contribution in [0.5, 0.6) is 0 Å². The van der Waals surface area contributed by atoms with Gasteiger partial charge >= 0.3 is 5.97 Å². The standard InChI is InChI=1S/C16H26N2O3/c1-2-18(14-8-3-4-9-14)15(19)11-17-13-7-5-6-12(10-13)16(20)21/h8,12-13,17H,2-7,9-11H2,1H3,(H,20,21). The highest BCUT2D eigenvalue weighted by molar-refractivity contribution is 5.80. The number of carboxylic acid groups (broad SMARTS) is 1. The highest BCUT2D eigenvalue weighted by Gasteiger charge is 2.27. The third-order valence-corrected chi connectivity index (χ3v) is 4.55. The summed E-state index contributed by atoms with van der Waals surface area (Å²) in [5.74, 6) is -0.867. The Labute approximate surface area is 126 Å². The monoisotopic (exact) mass is 294 g/mol. The van der Waals surface area contributed by atoms with Gasteiger partial charge in [-0.1, -0.05) is 12.5 Å². The molecule has 2 aliphatic carbocycles. The molecule has 0 aromatic carbocycles. The first-order valence-electron chi connectivity index (χ1n) is 8.07. The number of carbonyl (C=O) groups is 2. The molecular formula is C16H26N2O3. The highest BCUT2D eigenvalue weighted by Crippen LogP contribution is 2.25. The van der Waals surface area contributed by atoms with Crippen LogP contribution in [0.15, 0.2) is 11.8 Å². The third kappa shape index (κ3) is 4.30. The number of aliphatic carboxylic acids is 1. The first-order valence-corrected chi connectivity index (χ1v) is 8.07. The second-order valence-corrected chi connectivity index (χ2v) is 6.01. The first-order chi connectivity index (χ1) is 10.1. The number of hydrogen-bond acceptors (Lipinski definition) is 3. The number of nitrogens with one attached hydrogen (secondary N) is 1. The lowest BCUT2D eigenvalue weighted by Gasteiger charge is -2.29. The molecule has 0 radical (unpaired) electrons. The minimum atomic E-state index is -0.709. The van der Waals surface area contributed by atoms with Crippen molar-refractivity contribution in [2.45, 2.75) is 57.9 Å². The topological polar surface area (TPSA) is 69.6 Å². The van der Waals surface area contributed by atoms with Crippen molar-refractivity contribution >= 4 is 11.9 Å². The second kappa shape index (κ2) is 7.59. The van der Waals surface area contributed by atoms with Gasteiger partial charge in [-0.05, 0) is 45.4 Å². The van der Waals surface area contributed by atoms with E-state index in [0.29, 0.717) is 19.5 Å². The van der Waals surface area contributed by atoms with Crippen LogP contribution in [0.25, 0.3) is 0 Å². The zero-order chi connectivity index (χ0) is 15.2. The summed E-state index contributed by atoms with van der Waals surface area (Å²) in [6.45, 7) is 3.01. The van der Waals surface area contributed by atoms with E-state index in [4.69, 9.17) is 5.11 Å². The van der Waals surface area contributed by atoms with Crippen molar-refractivity contribution < 1.29 is 14.7 Å². The average molecular weight is 294 g/mol. The fraction of sp³-hybridized carbons (Fsp3) is 0.750. The minimum Gasteiger partial charge on any atom is -0.481 e. The lowest BCUT2D eigenvalue weighted by molar-refractivity contribution is -0.143. The van der Waals surface area contributed by atoms with Crippen LogP contribution in [-0.2, 0) is 9.59 Å². The molecular weight excluding hydrogens is 268 g/mol. The Hall–Kier alpha value is -1.36. The molecule has 0 bridgehead atoms. The Kier molecular flexibility index (Phi) is 5.79. The number of carbonyl (C=O) groups excluding carboxylic acids is 1. The van der Waals surface area contributed by atoms with Gasteiger partial charge in [-0.2, -0.15) is 0 Å². The molecule has 5 heteroatoms. The molecule has 2 N–H and O–H groups in total. The van der Waals surface area contributed by atoms with E-state index in [0.717, 1.165) is 44.2 Å². The van der Waals surface area contributed by atoms with Crippen molar-refractivity contribution in [2.24, 2.45) is 5.92 Å². The largest absolute Gasteiger partial charge is 0.481 e. The van der Waals surface area contributed by atoms with Gasteiger partial charge < -0.3 is 15.3 Å². The summed E-state index contributed by atoms with van der Waals surface area (Å²) in [6, 6.07) is 0.153. The third-order valence-electron chi connectivity index (χ3n) is 4.55. The zero-order valence-electron chi connectivity index (χ0n) is 12.8. The molecule has 2 unspecified atom stereocenters. The molecule has 0 aliphatic heterocycles. The molecule has 21 heavy (non-hydrogen) atoms. The van der Waals surface area contributed by atoms with Gasteiger partial charge in [-0.15, -0.1) is 0 Å². The van der Waals surface area contributed by atoms with E-state index in [1.807, 2.05) is 11.8 Å². The Morgan fingerprint density at radius 2 is 2.19 bits per heavy atom. The van der Waals surface area contributed by atoms with E-state index in [9.17, 15) is 9.59 Å². The molecule has 5 nitrogen and oxygen atoms in total. The predicted molar refractivity (Wildman–Crippen MR) is 80.7 cm³/mol. The van der Waals surface area contributed by atoms with Crippen LogP contribution in [0.2, 0.25) is 0 Å². The van der Waals surface area contributed by atoms with Crippen LogP contribution in [0.3, 0.4) is 0 Å². The van der Waals surface area contributed by atoms with Crippen LogP contribution in [0.1, 0.15) is 51.9 Å². The fourth-order valence-electron chi connectivity index (χ4n) is 3.37. The summed E-state index contributed by atoms with van der Waals surface area (Å²) in [5.41, 5.74) is 1.15. The van der Waals surface area contributed by atoms with Gasteiger partial charge in [0.15, 0.2) is 0 Å². The zero-order valence-corrected chi connectivity index (χ0v) is 12.8. The van der Waals surface area contributed by atoms with E-state index in [-0.39, 0.29) is 17.9 Å². The molecule has 0 aromatic heterocycles. The summed E-state index contributed by atoms with van der Waals surface area (Å²) in [7, 11) is 0. The van der Waals surface area contributed by atoms with Crippen molar-refractivity contribution in [1.29, 1.82) is 0 Å². The van der Waals surface area contributed by atoms with Crippen molar-refractivity contribution in [2.75, 3.05) is 13.1 Å². The smallest absolute Gasteiger partial charge is 0.306 e. The number of carboxylic acids is 1. The Balaban J connectivity index is 1.81. The van der Waals surface area contributed by atoms with Crippen LogP contribution in [-0.4, -0.2) is 41.0 Å². The molecule has 0 heterocycles. The number of hydrogen-bond donors (Lipinski definition) is 2. The summed E-state index contributed by atoms with van der Waals surface area (Å²) >= 11 is 0. The molecule has 1 fully saturated rings. The van der Waals surface area contributed by atoms with E-state index >= 15 is 0 Å². The van der Waals surface area contributed by atoms with E-state index in [1.54, 1.807) is 0 Å². The van der Waals surface area contributed by atoms with E-state index in [2.05, 4.69) is 11.4 Å². The molecule has 2 atom stereocenters. The number of likely N-dealkylation sites (N-methyl/N-ethyl adjacent to an activating group) is 1. The average Bonchev–Trinajstić information content (AvgIpc) is 3.00. The van der Waals surface area contributed by atoms with Crippen molar-refractivity contribution in [3.8, 4) is 0 Å². The number of amides is 1. The van der Waals surface area contributed by atoms with Gasteiger partial charge in [0.2, 0.25) is 5.91 Å². The lowest BCUT2D eigenvalue weighted by atomic mass is 9.86. The molecule has 0 aromatic rings. The van der Waals surface area contributed by atoms with Gasteiger partial charge in [-0.3, -0.25) is 9.59 Å². The normalized spacial score (nSPS) is 25.5. The van der Waals surface area contributed by atoms with Gasteiger partial charge in [-0.25, -0.2) is 0 Å². The molecule has 2 rings (SSSR count). The van der Waals surface area contributed by atoms with Crippen molar-refractivity contribution in [3.63, 3.8) is 0 Å². The SMILES string of the molecule is CCN(C(=O)CNC1CCCC(C(=O)O)C1)C1=CCCC1. The van der Waals surface area contributed by atoms with Crippen LogP contribution in [0, 0.1) is 5.92 Å². The molecule has 1 amide bonds. The number of allylic oxidation sites excluding steroid dienone is 2. The van der Waals surface area contributed by atoms with Gasteiger partial charge in [0.05, 0.1) is 12.5 Å². The van der Waals surface area contributed by atoms with Crippen molar-refractivity contribution in [3.05, 3.63) is 11.8 Å². The molecule has 0 saturated heterocycles. The highest BCUT2D eigenvalue weighted by atomic mass is 16.4. The Bertz CT molecular complexity index is 420. The summed E-state index contributed by atoms with van der Waals surface area (Å²) in [5, 5.41) is 12.4. The van der Waals surface area contributed by atoms with E-state index < -0.39 is 5.97 Å². The van der Waals surface area contributed by atoms with Crippen LogP contribution in [0.4, 0.5) is 0 Å². The van der Waals surface area contributed by atoms with Gasteiger partial charge in [0.1, 0.15) is 0 Å². The maximum absolute atomic E-state index is 12.3. The second-order valence-electron chi connectivity index (χ2n) is 6.01. The van der Waals surface area contributed by atoms with Gasteiger partial charge in [0, 0.05) is 18.3 Å². The predicted octanol–water partition coefficient (Wildman–Crippen LogP) is 2.14. The number of nitrogens with zero attached hydrogens (tertiary/aromatic N) is 1. The molecule has 2 aliphatic rings. The summed E-state index contributed by atoms with van der Waals surface area (Å²) in [4.78, 5) is 25.2. The Morgan fingerprint density at radius 3 is 2.81 bits per heavy atom. The first kappa shape index (κ1) is 16.0. The quantitative estimate of drug-likeness (QED) is 0.787. The maximum Gasteiger partial charge on any atom is 0.306 e. The fourth-order valence-corrected chi connectivity index (χ4v) is 3.37. The van der Waals surface area contributed by atoms with E-state index in [1.165, 1.54) is 0 Å². The minimum absolute atomic E-state index is 0.100. The molecule has 118 valence electrons. The van der Waals surface area contributed by atoms with Crippen LogP contribution >= 0.6 is 0 Å². The van der Waals surface area contributed by atoms with Crippen LogP contribution < -0.4 is 5.32 Å². The lowest BCUT2D eigenvalue weighted by Crippen LogP contribution is -2.43. The Morgan fingerprint density at radius 1 is 1.38 bits per heavy atom. The summed E-state index contributed by atoms with van der Waals surface area (Å²) < 4.78 is 0. The molecule has 0 spiro atoms. The van der Waals surface area contributed by atoms with Crippen molar-refractivity contribution in [1.82, 2.24) is 10.2 Å². The van der Waals surface area contributed by atoms with Gasteiger partial charge in [0.25, 0.3) is 0 Å². The summed E-state index contributed by atoms with van der Waals surface area (Å²) in [6.07, 6.45) is 8.63. The molecule has 1 saturated carbocycles.